The van der Waals surface area contributed by atoms with Gasteiger partial charge < -0.3 is 25.4 Å². The van der Waals surface area contributed by atoms with E-state index in [1.807, 2.05) is 31.2 Å². The number of amides is 1. The van der Waals surface area contributed by atoms with Crippen LogP contribution in [0.4, 0.5) is 10.1 Å². The molecule has 0 unspecified atom stereocenters. The highest BCUT2D eigenvalue weighted by Gasteiger charge is 2.11. The fraction of sp³-hybridized carbons (Fsp3) is 0.417. The molecule has 0 atom stereocenters. The summed E-state index contributed by atoms with van der Waals surface area (Å²) >= 11 is 0. The van der Waals surface area contributed by atoms with E-state index in [1.165, 1.54) is 12.1 Å². The molecule has 0 aromatic heterocycles. The number of nitrogens with one attached hydrogen (secondary N) is 3. The highest BCUT2D eigenvalue weighted by Crippen LogP contribution is 2.32. The fourth-order valence-corrected chi connectivity index (χ4v) is 3.16. The minimum atomic E-state index is -0.250. The summed E-state index contributed by atoms with van der Waals surface area (Å²) in [5.41, 5.74) is 1.69. The molecule has 7 nitrogen and oxygen atoms in total. The molecule has 0 saturated carbocycles. The highest BCUT2D eigenvalue weighted by molar-refractivity contribution is 14.0. The van der Waals surface area contributed by atoms with Gasteiger partial charge in [-0.15, -0.1) is 24.0 Å². The molecular weight excluding hydrogens is 538 g/mol. The van der Waals surface area contributed by atoms with Crippen LogP contribution >= 0.6 is 24.0 Å². The average molecular weight is 570 g/mol. The molecule has 2 aromatic carbocycles. The SMILES string of the molecule is CCCNC(=O)CCN=C(NCCc1cccc(F)c1)Nc1ccc2c(c1)OCCCO2.I. The number of hydrogen-bond acceptors (Lipinski definition) is 4. The summed E-state index contributed by atoms with van der Waals surface area (Å²) in [6, 6.07) is 12.2. The Kier molecular flexibility index (Phi) is 11.8. The minimum absolute atomic E-state index is 0. The van der Waals surface area contributed by atoms with Gasteiger partial charge in [-0.25, -0.2) is 4.39 Å². The van der Waals surface area contributed by atoms with E-state index in [1.54, 1.807) is 6.07 Å². The molecule has 9 heteroatoms. The van der Waals surface area contributed by atoms with Crippen LogP contribution in [0.15, 0.2) is 47.5 Å². The van der Waals surface area contributed by atoms with Crippen molar-refractivity contribution < 1.29 is 18.7 Å². The van der Waals surface area contributed by atoms with Crippen molar-refractivity contribution in [3.63, 3.8) is 0 Å². The quantitative estimate of drug-likeness (QED) is 0.240. The third kappa shape index (κ3) is 9.45. The van der Waals surface area contributed by atoms with Gasteiger partial charge in [0.2, 0.25) is 5.91 Å². The van der Waals surface area contributed by atoms with Crippen LogP contribution in [0.1, 0.15) is 31.7 Å². The second-order valence-corrected chi connectivity index (χ2v) is 7.47. The average Bonchev–Trinajstić information content (AvgIpc) is 3.02. The van der Waals surface area contributed by atoms with Gasteiger partial charge in [0.25, 0.3) is 0 Å². The lowest BCUT2D eigenvalue weighted by molar-refractivity contribution is -0.120. The van der Waals surface area contributed by atoms with Gasteiger partial charge in [0.05, 0.1) is 19.8 Å². The molecule has 0 aliphatic carbocycles. The van der Waals surface area contributed by atoms with Crippen LogP contribution < -0.4 is 25.4 Å². The fourth-order valence-electron chi connectivity index (χ4n) is 3.16. The standard InChI is InChI=1S/C24H31FN4O3.HI/c1-2-11-26-23(30)10-13-28-24(27-12-9-18-5-3-6-19(25)16-18)29-20-7-8-21-22(17-20)32-15-4-14-31-21;/h3,5-8,16-17H,2,4,9-15H2,1H3,(H,26,30)(H2,27,28,29);1H. The van der Waals surface area contributed by atoms with Crippen LogP contribution in [0.5, 0.6) is 11.5 Å². The van der Waals surface area contributed by atoms with Crippen LogP contribution in [0, 0.1) is 5.82 Å². The van der Waals surface area contributed by atoms with E-state index < -0.39 is 0 Å². The number of nitrogens with zero attached hydrogens (tertiary/aromatic N) is 1. The number of aliphatic imine (C=N–C) groups is 1. The van der Waals surface area contributed by atoms with Crippen LogP contribution in [0.2, 0.25) is 0 Å². The number of ether oxygens (including phenoxy) is 2. The molecule has 1 heterocycles. The molecule has 0 bridgehead atoms. The first-order chi connectivity index (χ1) is 15.6. The molecule has 2 aromatic rings. The number of carbonyl (C=O) groups excluding carboxylic acids is 1. The van der Waals surface area contributed by atoms with Crippen molar-refractivity contribution in [2.45, 2.75) is 32.6 Å². The Morgan fingerprint density at radius 2 is 1.88 bits per heavy atom. The molecule has 0 saturated heterocycles. The topological polar surface area (TPSA) is 84.0 Å². The second kappa shape index (κ2) is 14.6. The van der Waals surface area contributed by atoms with Crippen LogP contribution in [-0.2, 0) is 11.2 Å². The van der Waals surface area contributed by atoms with Gasteiger partial charge in [-0.2, -0.15) is 0 Å². The largest absolute Gasteiger partial charge is 0.490 e. The third-order valence-corrected chi connectivity index (χ3v) is 4.79. The molecule has 0 fully saturated rings. The second-order valence-electron chi connectivity index (χ2n) is 7.47. The van der Waals surface area contributed by atoms with Gasteiger partial charge in [0.15, 0.2) is 17.5 Å². The van der Waals surface area contributed by atoms with Crippen molar-refractivity contribution in [1.29, 1.82) is 0 Å². The number of rotatable bonds is 9. The zero-order valence-corrected chi connectivity index (χ0v) is 21.2. The van der Waals surface area contributed by atoms with Crippen LogP contribution in [-0.4, -0.2) is 44.7 Å². The van der Waals surface area contributed by atoms with E-state index in [-0.39, 0.29) is 35.7 Å². The summed E-state index contributed by atoms with van der Waals surface area (Å²) in [6.45, 7) is 4.82. The van der Waals surface area contributed by atoms with Gasteiger partial charge in [-0.05, 0) is 42.7 Å². The number of fused-ring (bicyclic) bond motifs is 1. The highest BCUT2D eigenvalue weighted by atomic mass is 127. The lowest BCUT2D eigenvalue weighted by Gasteiger charge is -2.15. The first-order valence-electron chi connectivity index (χ1n) is 11.1. The van der Waals surface area contributed by atoms with Crippen molar-refractivity contribution in [2.75, 3.05) is 38.2 Å². The number of guanidine groups is 1. The zero-order chi connectivity index (χ0) is 22.6. The maximum absolute atomic E-state index is 13.4. The van der Waals surface area contributed by atoms with Gasteiger partial charge in [0.1, 0.15) is 5.82 Å². The summed E-state index contributed by atoms with van der Waals surface area (Å²) in [4.78, 5) is 16.4. The maximum Gasteiger partial charge on any atom is 0.221 e. The lowest BCUT2D eigenvalue weighted by Crippen LogP contribution is -2.33. The monoisotopic (exact) mass is 570 g/mol. The molecule has 3 N–H and O–H groups in total. The number of halogens is 2. The number of hydrogen-bond donors (Lipinski definition) is 3. The molecule has 1 aliphatic heterocycles. The number of benzene rings is 2. The van der Waals surface area contributed by atoms with E-state index in [9.17, 15) is 9.18 Å². The summed E-state index contributed by atoms with van der Waals surface area (Å²) in [6.07, 6.45) is 2.67. The minimum Gasteiger partial charge on any atom is -0.490 e. The van der Waals surface area contributed by atoms with Crippen molar-refractivity contribution in [2.24, 2.45) is 4.99 Å². The maximum atomic E-state index is 13.4. The molecule has 33 heavy (non-hydrogen) atoms. The molecule has 0 radical (unpaired) electrons. The Hall–Kier alpha value is -2.56. The Labute approximate surface area is 211 Å². The number of anilines is 1. The molecule has 1 aliphatic rings. The van der Waals surface area contributed by atoms with Crippen molar-refractivity contribution in [3.05, 3.63) is 53.8 Å². The van der Waals surface area contributed by atoms with Gasteiger partial charge >= 0.3 is 0 Å². The molecular formula is C24H32FIN4O3. The van der Waals surface area contributed by atoms with E-state index in [4.69, 9.17) is 9.47 Å². The van der Waals surface area contributed by atoms with E-state index in [2.05, 4.69) is 20.9 Å². The normalized spacial score (nSPS) is 12.8. The summed E-state index contributed by atoms with van der Waals surface area (Å²) in [7, 11) is 0. The molecule has 3 rings (SSSR count). The van der Waals surface area contributed by atoms with Gasteiger partial charge in [-0.3, -0.25) is 9.79 Å². The van der Waals surface area contributed by atoms with E-state index in [0.717, 1.165) is 29.8 Å². The molecule has 0 spiro atoms. The van der Waals surface area contributed by atoms with Crippen LogP contribution in [0.3, 0.4) is 0 Å². The summed E-state index contributed by atoms with van der Waals surface area (Å²) in [5.74, 6) is 1.67. The predicted molar refractivity (Wildman–Crippen MR) is 139 cm³/mol. The summed E-state index contributed by atoms with van der Waals surface area (Å²) in [5, 5.41) is 9.37. The summed E-state index contributed by atoms with van der Waals surface area (Å²) < 4.78 is 24.9. The van der Waals surface area contributed by atoms with Gasteiger partial charge in [0, 0.05) is 37.7 Å². The molecule has 180 valence electrons. The van der Waals surface area contributed by atoms with Crippen molar-refractivity contribution >= 4 is 41.5 Å². The Morgan fingerprint density at radius 1 is 1.06 bits per heavy atom. The third-order valence-electron chi connectivity index (χ3n) is 4.79. The van der Waals surface area contributed by atoms with Crippen molar-refractivity contribution in [1.82, 2.24) is 10.6 Å². The smallest absolute Gasteiger partial charge is 0.221 e. The predicted octanol–water partition coefficient (Wildman–Crippen LogP) is 4.12. The first kappa shape index (κ1) is 26.7. The lowest BCUT2D eigenvalue weighted by atomic mass is 10.1. The molecule has 1 amide bonds. The number of carbonyl (C=O) groups is 1. The van der Waals surface area contributed by atoms with Gasteiger partial charge in [-0.1, -0.05) is 19.1 Å². The van der Waals surface area contributed by atoms with E-state index in [0.29, 0.717) is 57.4 Å². The zero-order valence-electron chi connectivity index (χ0n) is 18.9. The van der Waals surface area contributed by atoms with Crippen LogP contribution in [0.25, 0.3) is 0 Å². The first-order valence-corrected chi connectivity index (χ1v) is 11.1. The van der Waals surface area contributed by atoms with E-state index >= 15 is 0 Å². The Morgan fingerprint density at radius 3 is 2.67 bits per heavy atom. The Balaban J connectivity index is 0.00000385. The Bertz CT molecular complexity index is 926. The van der Waals surface area contributed by atoms with Crippen molar-refractivity contribution in [3.8, 4) is 11.5 Å².